The largest absolute Gasteiger partial charge is 0.466 e. The monoisotopic (exact) mass is 292 g/mol. The lowest BCUT2D eigenvalue weighted by Crippen LogP contribution is -2.63. The van der Waals surface area contributed by atoms with Crippen molar-refractivity contribution in [3.8, 4) is 0 Å². The number of aliphatic hydroxyl groups is 5. The second kappa shape index (κ2) is 6.35. The molecule has 0 aromatic heterocycles. The van der Waals surface area contributed by atoms with Gasteiger partial charge in [-0.2, -0.15) is 0 Å². The van der Waals surface area contributed by atoms with Crippen molar-refractivity contribution in [2.75, 3.05) is 6.61 Å². The number of rotatable bonds is 1. The highest BCUT2D eigenvalue weighted by Gasteiger charge is 2.49. The molecule has 0 radical (unpaired) electrons. The van der Waals surface area contributed by atoms with E-state index in [1.807, 2.05) is 0 Å². The first-order valence-electron chi connectivity index (χ1n) is 4.73. The Morgan fingerprint density at radius 3 is 1.89 bits per heavy atom. The molecule has 5 atom stereocenters. The quantitative estimate of drug-likeness (QED) is 0.223. The Kier molecular flexibility index (Phi) is 6.30. The number of phosphoric acid groups is 1. The molecule has 0 aliphatic carbocycles. The third-order valence-corrected chi connectivity index (χ3v) is 2.17. The molecule has 0 spiro atoms. The lowest BCUT2D eigenvalue weighted by molar-refractivity contribution is -0.341. The van der Waals surface area contributed by atoms with Crippen LogP contribution >= 0.6 is 7.82 Å². The van der Waals surface area contributed by atoms with E-state index in [2.05, 4.69) is 0 Å². The first-order chi connectivity index (χ1) is 7.90. The third kappa shape index (κ3) is 5.67. The SMILES string of the molecule is C[C@]1(O)O[C@H](CO)[C@@H](O)[C@H](O)[C@@H]1O.O=P(O)(O)O. The highest BCUT2D eigenvalue weighted by atomic mass is 31.2. The standard InChI is InChI=1S/C7H14O6.H3O4P/c1-7(12)6(11)5(10)4(9)3(2-8)13-7;1-5(2,3)4/h3-6,8-12H,2H2,1H3;(H3,1,2,3,4)/t3-,4-,5+,6+,7+;/m1./s1. The van der Waals surface area contributed by atoms with Gasteiger partial charge in [-0.3, -0.25) is 0 Å². The van der Waals surface area contributed by atoms with Crippen molar-refractivity contribution in [1.29, 1.82) is 0 Å². The Labute approximate surface area is 102 Å². The van der Waals surface area contributed by atoms with Crippen molar-refractivity contribution in [2.45, 2.75) is 37.1 Å². The molecule has 0 aromatic carbocycles. The molecule has 18 heavy (non-hydrogen) atoms. The molecular formula is C7H17O10P. The molecule has 1 aliphatic heterocycles. The molecule has 0 bridgehead atoms. The van der Waals surface area contributed by atoms with E-state index in [9.17, 15) is 20.4 Å². The van der Waals surface area contributed by atoms with Gasteiger partial charge in [-0.05, 0) is 6.92 Å². The summed E-state index contributed by atoms with van der Waals surface area (Å²) in [6.45, 7) is 0.608. The van der Waals surface area contributed by atoms with Crippen LogP contribution in [0.1, 0.15) is 6.92 Å². The zero-order chi connectivity index (χ0) is 14.7. The average Bonchev–Trinajstić information content (AvgIpc) is 2.18. The molecule has 0 unspecified atom stereocenters. The van der Waals surface area contributed by atoms with Gasteiger partial charge in [0.25, 0.3) is 0 Å². The molecule has 8 N–H and O–H groups in total. The summed E-state index contributed by atoms with van der Waals surface area (Å²) in [5.41, 5.74) is 0. The number of hydrogen-bond acceptors (Lipinski definition) is 7. The molecule has 110 valence electrons. The van der Waals surface area contributed by atoms with Gasteiger partial charge < -0.3 is 44.9 Å². The van der Waals surface area contributed by atoms with Crippen LogP contribution in [0.3, 0.4) is 0 Å². The van der Waals surface area contributed by atoms with Gasteiger partial charge in [0.15, 0.2) is 5.79 Å². The lowest BCUT2D eigenvalue weighted by Gasteiger charge is -2.43. The zero-order valence-electron chi connectivity index (χ0n) is 9.36. The molecule has 1 heterocycles. The Morgan fingerprint density at radius 2 is 1.56 bits per heavy atom. The Balaban J connectivity index is 0.000000494. The predicted molar refractivity (Wildman–Crippen MR) is 54.9 cm³/mol. The predicted octanol–water partition coefficient (Wildman–Crippen LogP) is -3.76. The molecule has 1 aliphatic rings. The number of hydrogen-bond donors (Lipinski definition) is 8. The Bertz CT molecular complexity index is 290. The van der Waals surface area contributed by atoms with Gasteiger partial charge in [0, 0.05) is 0 Å². The summed E-state index contributed by atoms with van der Waals surface area (Å²) in [5.74, 6) is -1.95. The highest BCUT2D eigenvalue weighted by Crippen LogP contribution is 2.27. The topological polar surface area (TPSA) is 188 Å². The summed E-state index contributed by atoms with van der Waals surface area (Å²) in [7, 11) is -4.64. The minimum absolute atomic E-state index is 0.541. The second-order valence-electron chi connectivity index (χ2n) is 3.83. The van der Waals surface area contributed by atoms with Gasteiger partial charge in [0.05, 0.1) is 6.61 Å². The zero-order valence-corrected chi connectivity index (χ0v) is 10.3. The summed E-state index contributed by atoms with van der Waals surface area (Å²) in [6, 6.07) is 0. The smallest absolute Gasteiger partial charge is 0.394 e. The van der Waals surface area contributed by atoms with Gasteiger partial charge in [-0.1, -0.05) is 0 Å². The Hall–Kier alpha value is -0.130. The van der Waals surface area contributed by atoms with Crippen LogP contribution < -0.4 is 0 Å². The maximum absolute atomic E-state index is 9.38. The fourth-order valence-corrected chi connectivity index (χ4v) is 1.31. The van der Waals surface area contributed by atoms with Crippen LogP contribution in [0.2, 0.25) is 0 Å². The fraction of sp³-hybridized carbons (Fsp3) is 1.00. The average molecular weight is 292 g/mol. The second-order valence-corrected chi connectivity index (χ2v) is 4.86. The van der Waals surface area contributed by atoms with Gasteiger partial charge in [0.1, 0.15) is 24.4 Å². The maximum Gasteiger partial charge on any atom is 0.466 e. The van der Waals surface area contributed by atoms with Gasteiger partial charge in [-0.25, -0.2) is 4.57 Å². The van der Waals surface area contributed by atoms with E-state index in [0.717, 1.165) is 6.92 Å². The third-order valence-electron chi connectivity index (χ3n) is 2.17. The first kappa shape index (κ1) is 17.9. The summed E-state index contributed by atoms with van der Waals surface area (Å²) in [6.07, 6.45) is -5.61. The van der Waals surface area contributed by atoms with E-state index >= 15 is 0 Å². The van der Waals surface area contributed by atoms with Crippen LogP contribution in [0.5, 0.6) is 0 Å². The molecule has 0 aromatic rings. The van der Waals surface area contributed by atoms with Crippen LogP contribution in [-0.4, -0.2) is 77.0 Å². The fourth-order valence-electron chi connectivity index (χ4n) is 1.31. The summed E-state index contributed by atoms with van der Waals surface area (Å²) < 4.78 is 13.6. The minimum Gasteiger partial charge on any atom is -0.394 e. The van der Waals surface area contributed by atoms with E-state index in [4.69, 9.17) is 29.1 Å². The van der Waals surface area contributed by atoms with Crippen molar-refractivity contribution in [3.05, 3.63) is 0 Å². The van der Waals surface area contributed by atoms with Gasteiger partial charge >= 0.3 is 7.82 Å². The van der Waals surface area contributed by atoms with E-state index in [1.165, 1.54) is 0 Å². The molecule has 1 rings (SSSR count). The van der Waals surface area contributed by atoms with E-state index in [1.54, 1.807) is 0 Å². The van der Waals surface area contributed by atoms with Crippen LogP contribution in [0.15, 0.2) is 0 Å². The van der Waals surface area contributed by atoms with Crippen molar-refractivity contribution < 1.29 is 49.5 Å². The van der Waals surface area contributed by atoms with Gasteiger partial charge in [-0.15, -0.1) is 0 Å². The van der Waals surface area contributed by atoms with Crippen molar-refractivity contribution >= 4 is 7.82 Å². The lowest BCUT2D eigenvalue weighted by atomic mass is 9.94. The molecule has 1 saturated heterocycles. The molecule has 11 heteroatoms. The van der Waals surface area contributed by atoms with Crippen LogP contribution in [0.25, 0.3) is 0 Å². The van der Waals surface area contributed by atoms with Gasteiger partial charge in [0.2, 0.25) is 0 Å². The molecular weight excluding hydrogens is 275 g/mol. The summed E-state index contributed by atoms with van der Waals surface area (Å²) in [5, 5.41) is 45.8. The molecule has 10 nitrogen and oxygen atoms in total. The molecule has 1 fully saturated rings. The first-order valence-corrected chi connectivity index (χ1v) is 6.30. The van der Waals surface area contributed by atoms with Crippen LogP contribution in [-0.2, 0) is 9.30 Å². The van der Waals surface area contributed by atoms with E-state index in [0.29, 0.717) is 0 Å². The van der Waals surface area contributed by atoms with Crippen molar-refractivity contribution in [3.63, 3.8) is 0 Å². The summed E-state index contributed by atoms with van der Waals surface area (Å²) >= 11 is 0. The van der Waals surface area contributed by atoms with E-state index < -0.39 is 44.6 Å². The minimum atomic E-state index is -4.64. The molecule has 0 saturated carbocycles. The van der Waals surface area contributed by atoms with Crippen molar-refractivity contribution in [1.82, 2.24) is 0 Å². The normalized spacial score (nSPS) is 40.9. The van der Waals surface area contributed by atoms with Crippen LogP contribution in [0.4, 0.5) is 0 Å². The maximum atomic E-state index is 9.38. The number of aliphatic hydroxyl groups excluding tert-OH is 4. The Morgan fingerprint density at radius 1 is 1.17 bits per heavy atom. The van der Waals surface area contributed by atoms with Crippen molar-refractivity contribution in [2.24, 2.45) is 0 Å². The highest BCUT2D eigenvalue weighted by molar-refractivity contribution is 7.45. The number of ether oxygens (including phenoxy) is 1. The summed E-state index contributed by atoms with van der Waals surface area (Å²) in [4.78, 5) is 21.6. The molecule has 0 amide bonds. The van der Waals surface area contributed by atoms with Crippen LogP contribution in [0, 0.1) is 0 Å². The van der Waals surface area contributed by atoms with E-state index in [-0.39, 0.29) is 0 Å².